The van der Waals surface area contributed by atoms with E-state index >= 15 is 0 Å². The minimum absolute atomic E-state index is 0.0634. The normalized spacial score (nSPS) is 14.8. The molecule has 0 atom stereocenters. The molecule has 1 saturated carbocycles. The number of hydrogen-bond donors (Lipinski definition) is 1. The molecule has 0 spiro atoms. The molecular formula is C14H15N5O. The summed E-state index contributed by atoms with van der Waals surface area (Å²) in [6.07, 6.45) is 2.14. The molecule has 6 heteroatoms. The smallest absolute Gasteiger partial charge is 0.251 e. The summed E-state index contributed by atoms with van der Waals surface area (Å²) in [6.45, 7) is 0.926. The predicted molar refractivity (Wildman–Crippen MR) is 73.8 cm³/mol. The van der Waals surface area contributed by atoms with Gasteiger partial charge >= 0.3 is 0 Å². The van der Waals surface area contributed by atoms with E-state index in [4.69, 9.17) is 10.8 Å². The van der Waals surface area contributed by atoms with E-state index in [-0.39, 0.29) is 17.7 Å². The third kappa shape index (κ3) is 3.28. The van der Waals surface area contributed by atoms with Gasteiger partial charge in [0.2, 0.25) is 0 Å². The summed E-state index contributed by atoms with van der Waals surface area (Å²) in [6, 6.07) is 9.15. The van der Waals surface area contributed by atoms with Gasteiger partial charge in [-0.1, -0.05) is 23.3 Å². The molecule has 0 aromatic heterocycles. The predicted octanol–water partition coefficient (Wildman–Crippen LogP) is 2.57. The second kappa shape index (κ2) is 6.09. The molecule has 0 unspecified atom stereocenters. The number of carbonyl (C=O) groups excluding carboxylic acids is 1. The molecule has 1 aliphatic rings. The van der Waals surface area contributed by atoms with Crippen LogP contribution in [0.15, 0.2) is 29.4 Å². The van der Waals surface area contributed by atoms with Crippen molar-refractivity contribution in [3.05, 3.63) is 45.8 Å². The molecule has 1 aromatic carbocycles. The van der Waals surface area contributed by atoms with Crippen molar-refractivity contribution in [1.82, 2.24) is 5.32 Å². The van der Waals surface area contributed by atoms with Crippen LogP contribution in [0.5, 0.6) is 0 Å². The first kappa shape index (κ1) is 13.9. The Labute approximate surface area is 117 Å². The van der Waals surface area contributed by atoms with Crippen molar-refractivity contribution in [1.29, 1.82) is 5.26 Å². The average Bonchev–Trinajstić information content (AvgIpc) is 3.24. The lowest BCUT2D eigenvalue weighted by molar-refractivity contribution is 0.0944. The first-order valence-electron chi connectivity index (χ1n) is 6.45. The molecule has 2 rings (SSSR count). The first-order chi connectivity index (χ1) is 9.71. The van der Waals surface area contributed by atoms with Gasteiger partial charge in [0.1, 0.15) is 0 Å². The quantitative estimate of drug-likeness (QED) is 0.487. The zero-order chi connectivity index (χ0) is 14.4. The minimum atomic E-state index is -0.178. The van der Waals surface area contributed by atoms with Gasteiger partial charge in [-0.3, -0.25) is 4.79 Å². The highest BCUT2D eigenvalue weighted by molar-refractivity contribution is 5.95. The van der Waals surface area contributed by atoms with E-state index in [0.29, 0.717) is 18.7 Å². The lowest BCUT2D eigenvalue weighted by Crippen LogP contribution is -2.32. The summed E-state index contributed by atoms with van der Waals surface area (Å²) in [7, 11) is 0. The maximum atomic E-state index is 12.2. The van der Waals surface area contributed by atoms with E-state index in [1.54, 1.807) is 18.2 Å². The molecule has 0 heterocycles. The monoisotopic (exact) mass is 269 g/mol. The Morgan fingerprint density at radius 1 is 1.50 bits per heavy atom. The number of hydrogen-bond acceptors (Lipinski definition) is 3. The SMILES string of the molecule is N#CCc1ccccc1C(=O)NCC1(CN=[N+]=[N-])CC1. The van der Waals surface area contributed by atoms with Gasteiger partial charge in [-0.2, -0.15) is 5.26 Å². The molecule has 0 saturated heterocycles. The van der Waals surface area contributed by atoms with E-state index in [1.807, 2.05) is 6.07 Å². The van der Waals surface area contributed by atoms with Crippen LogP contribution in [0.1, 0.15) is 28.8 Å². The van der Waals surface area contributed by atoms with Crippen molar-refractivity contribution < 1.29 is 4.79 Å². The Hall–Kier alpha value is -2.51. The fraction of sp³-hybridized carbons (Fsp3) is 0.429. The van der Waals surface area contributed by atoms with Crippen molar-refractivity contribution in [2.45, 2.75) is 19.3 Å². The van der Waals surface area contributed by atoms with Gasteiger partial charge in [-0.25, -0.2) is 0 Å². The van der Waals surface area contributed by atoms with Crippen LogP contribution in [0.2, 0.25) is 0 Å². The number of nitrogens with one attached hydrogen (secondary N) is 1. The van der Waals surface area contributed by atoms with E-state index in [1.165, 1.54) is 0 Å². The van der Waals surface area contributed by atoms with Gasteiger partial charge in [-0.05, 0) is 35.4 Å². The Kier molecular flexibility index (Phi) is 4.24. The summed E-state index contributed by atoms with van der Waals surface area (Å²) in [5, 5.41) is 15.2. The van der Waals surface area contributed by atoms with E-state index < -0.39 is 0 Å². The highest BCUT2D eigenvalue weighted by Crippen LogP contribution is 2.45. The Bertz CT molecular complexity index is 594. The van der Waals surface area contributed by atoms with E-state index in [9.17, 15) is 4.79 Å². The molecule has 1 amide bonds. The van der Waals surface area contributed by atoms with Gasteiger partial charge < -0.3 is 5.32 Å². The maximum Gasteiger partial charge on any atom is 0.251 e. The maximum absolute atomic E-state index is 12.2. The molecule has 1 aliphatic carbocycles. The van der Waals surface area contributed by atoms with Crippen LogP contribution in [0.3, 0.4) is 0 Å². The van der Waals surface area contributed by atoms with Crippen LogP contribution in [0.25, 0.3) is 10.4 Å². The van der Waals surface area contributed by atoms with Crippen molar-refractivity contribution in [2.24, 2.45) is 10.5 Å². The number of amides is 1. The Morgan fingerprint density at radius 3 is 2.90 bits per heavy atom. The molecule has 1 fully saturated rings. The lowest BCUT2D eigenvalue weighted by atomic mass is 10.0. The molecule has 6 nitrogen and oxygen atoms in total. The van der Waals surface area contributed by atoms with Crippen LogP contribution in [-0.2, 0) is 6.42 Å². The van der Waals surface area contributed by atoms with Gasteiger partial charge in [0.05, 0.1) is 12.5 Å². The Balaban J connectivity index is 1.99. The number of nitriles is 1. The third-order valence-electron chi connectivity index (χ3n) is 3.58. The van der Waals surface area contributed by atoms with Gasteiger partial charge in [0, 0.05) is 23.6 Å². The fourth-order valence-corrected chi connectivity index (χ4v) is 2.09. The second-order valence-corrected chi connectivity index (χ2v) is 5.06. The molecule has 20 heavy (non-hydrogen) atoms. The molecule has 0 radical (unpaired) electrons. The van der Waals surface area contributed by atoms with E-state index in [0.717, 1.165) is 18.4 Å². The van der Waals surface area contributed by atoms with Gasteiger partial charge in [0.15, 0.2) is 0 Å². The number of benzene rings is 1. The number of azide groups is 1. The summed E-state index contributed by atoms with van der Waals surface area (Å²) in [4.78, 5) is 14.9. The molecule has 1 aromatic rings. The summed E-state index contributed by atoms with van der Waals surface area (Å²) in [5.41, 5.74) is 9.55. The van der Waals surface area contributed by atoms with Gasteiger partial charge in [0.25, 0.3) is 5.91 Å². The largest absolute Gasteiger partial charge is 0.351 e. The molecule has 0 bridgehead atoms. The molecular weight excluding hydrogens is 254 g/mol. The standard InChI is InChI=1S/C14H15N5O/c15-8-5-11-3-1-2-4-12(11)13(20)17-9-14(6-7-14)10-18-19-16/h1-4H,5-7,9-10H2,(H,17,20). The zero-order valence-electron chi connectivity index (χ0n) is 11.0. The van der Waals surface area contributed by atoms with E-state index in [2.05, 4.69) is 21.4 Å². The number of rotatable bonds is 6. The molecule has 1 N–H and O–H groups in total. The Morgan fingerprint density at radius 2 is 2.25 bits per heavy atom. The van der Waals surface area contributed by atoms with Crippen LogP contribution in [-0.4, -0.2) is 19.0 Å². The van der Waals surface area contributed by atoms with Crippen LogP contribution in [0.4, 0.5) is 0 Å². The van der Waals surface area contributed by atoms with Crippen molar-refractivity contribution in [3.63, 3.8) is 0 Å². The molecule has 0 aliphatic heterocycles. The van der Waals surface area contributed by atoms with Crippen LogP contribution < -0.4 is 5.32 Å². The van der Waals surface area contributed by atoms with Crippen LogP contribution in [0, 0.1) is 16.7 Å². The second-order valence-electron chi connectivity index (χ2n) is 5.06. The lowest BCUT2D eigenvalue weighted by Gasteiger charge is -2.14. The number of nitrogens with zero attached hydrogens (tertiary/aromatic N) is 4. The van der Waals surface area contributed by atoms with Crippen molar-refractivity contribution in [3.8, 4) is 6.07 Å². The van der Waals surface area contributed by atoms with Gasteiger partial charge in [-0.15, -0.1) is 0 Å². The highest BCUT2D eigenvalue weighted by atomic mass is 16.1. The third-order valence-corrected chi connectivity index (χ3v) is 3.58. The summed E-state index contributed by atoms with van der Waals surface area (Å²) in [5.74, 6) is -0.178. The fourth-order valence-electron chi connectivity index (χ4n) is 2.09. The highest BCUT2D eigenvalue weighted by Gasteiger charge is 2.42. The summed E-state index contributed by atoms with van der Waals surface area (Å²) < 4.78 is 0. The van der Waals surface area contributed by atoms with Crippen molar-refractivity contribution >= 4 is 5.91 Å². The minimum Gasteiger partial charge on any atom is -0.351 e. The van der Waals surface area contributed by atoms with Crippen LogP contribution >= 0.6 is 0 Å². The zero-order valence-corrected chi connectivity index (χ0v) is 11.0. The topological polar surface area (TPSA) is 102 Å². The van der Waals surface area contributed by atoms with Crippen molar-refractivity contribution in [2.75, 3.05) is 13.1 Å². The molecule has 102 valence electrons. The first-order valence-corrected chi connectivity index (χ1v) is 6.45. The average molecular weight is 269 g/mol. The number of carbonyl (C=O) groups is 1. The summed E-state index contributed by atoms with van der Waals surface area (Å²) >= 11 is 0.